The molecule has 0 aliphatic carbocycles. The van der Waals surface area contributed by atoms with Gasteiger partial charge in [-0.25, -0.2) is 4.39 Å². The maximum absolute atomic E-state index is 13.1. The standard InChI is InChI=1S/C13H15BrFNO2/c1-8-7-18-5-4-10(8)13(17)16-9-2-3-12(15)11(14)6-9/h2-3,6,8,10H,4-5,7H2,1H3,(H,16,17). The first-order valence-corrected chi connectivity index (χ1v) is 6.71. The van der Waals surface area contributed by atoms with E-state index in [0.29, 0.717) is 23.4 Å². The summed E-state index contributed by atoms with van der Waals surface area (Å²) in [4.78, 5) is 12.1. The lowest BCUT2D eigenvalue weighted by Crippen LogP contribution is -2.34. The lowest BCUT2D eigenvalue weighted by Gasteiger charge is -2.27. The molecule has 1 saturated heterocycles. The normalized spacial score (nSPS) is 23.7. The molecular weight excluding hydrogens is 301 g/mol. The molecule has 5 heteroatoms. The van der Waals surface area contributed by atoms with Gasteiger partial charge in [0.05, 0.1) is 4.47 Å². The van der Waals surface area contributed by atoms with Crippen LogP contribution in [0.3, 0.4) is 0 Å². The lowest BCUT2D eigenvalue weighted by molar-refractivity contribution is -0.125. The topological polar surface area (TPSA) is 38.3 Å². The van der Waals surface area contributed by atoms with Crippen LogP contribution in [0.5, 0.6) is 0 Å². The molecule has 1 N–H and O–H groups in total. The van der Waals surface area contributed by atoms with Crippen LogP contribution in [0.1, 0.15) is 13.3 Å². The second-order valence-corrected chi connectivity index (χ2v) is 5.42. The number of carbonyl (C=O) groups excluding carboxylic acids is 1. The zero-order valence-corrected chi connectivity index (χ0v) is 11.7. The van der Waals surface area contributed by atoms with E-state index in [1.165, 1.54) is 6.07 Å². The molecule has 1 aliphatic rings. The number of rotatable bonds is 2. The average molecular weight is 316 g/mol. The van der Waals surface area contributed by atoms with Gasteiger partial charge in [-0.2, -0.15) is 0 Å². The van der Waals surface area contributed by atoms with Crippen molar-refractivity contribution in [1.29, 1.82) is 0 Å². The van der Waals surface area contributed by atoms with E-state index in [4.69, 9.17) is 4.74 Å². The predicted octanol–water partition coefficient (Wildman–Crippen LogP) is 3.20. The Morgan fingerprint density at radius 3 is 3.00 bits per heavy atom. The molecule has 1 heterocycles. The van der Waals surface area contributed by atoms with Crippen molar-refractivity contribution in [3.05, 3.63) is 28.5 Å². The molecule has 1 fully saturated rings. The fourth-order valence-electron chi connectivity index (χ4n) is 2.08. The van der Waals surface area contributed by atoms with Crippen molar-refractivity contribution in [2.45, 2.75) is 13.3 Å². The van der Waals surface area contributed by atoms with E-state index in [2.05, 4.69) is 21.2 Å². The molecule has 2 atom stereocenters. The van der Waals surface area contributed by atoms with Crippen LogP contribution in [0.15, 0.2) is 22.7 Å². The van der Waals surface area contributed by atoms with E-state index < -0.39 is 0 Å². The number of halogens is 2. The van der Waals surface area contributed by atoms with Crippen molar-refractivity contribution in [1.82, 2.24) is 0 Å². The Kier molecular flexibility index (Phi) is 4.35. The SMILES string of the molecule is CC1COCCC1C(=O)Nc1ccc(F)c(Br)c1. The van der Waals surface area contributed by atoms with E-state index in [1.807, 2.05) is 6.92 Å². The Bertz CT molecular complexity index is 453. The summed E-state index contributed by atoms with van der Waals surface area (Å²) >= 11 is 3.10. The van der Waals surface area contributed by atoms with Crippen molar-refractivity contribution in [3.63, 3.8) is 0 Å². The van der Waals surface area contributed by atoms with Gasteiger partial charge in [0.15, 0.2) is 0 Å². The number of anilines is 1. The van der Waals surface area contributed by atoms with E-state index in [9.17, 15) is 9.18 Å². The lowest BCUT2D eigenvalue weighted by atomic mass is 9.89. The molecule has 0 spiro atoms. The number of amides is 1. The summed E-state index contributed by atoms with van der Waals surface area (Å²) in [7, 11) is 0. The molecule has 2 rings (SSSR count). The highest BCUT2D eigenvalue weighted by molar-refractivity contribution is 9.10. The third kappa shape index (κ3) is 3.09. The maximum atomic E-state index is 13.1. The summed E-state index contributed by atoms with van der Waals surface area (Å²) in [6.45, 7) is 3.24. The fraction of sp³-hybridized carbons (Fsp3) is 0.462. The van der Waals surface area contributed by atoms with E-state index in [-0.39, 0.29) is 23.6 Å². The Hall–Kier alpha value is -0.940. The molecule has 2 unspecified atom stereocenters. The number of benzene rings is 1. The van der Waals surface area contributed by atoms with Crippen LogP contribution in [0.2, 0.25) is 0 Å². The predicted molar refractivity (Wildman–Crippen MR) is 70.8 cm³/mol. The van der Waals surface area contributed by atoms with Crippen LogP contribution < -0.4 is 5.32 Å². The smallest absolute Gasteiger partial charge is 0.227 e. The van der Waals surface area contributed by atoms with Crippen molar-refractivity contribution in [2.24, 2.45) is 11.8 Å². The highest BCUT2D eigenvalue weighted by atomic mass is 79.9. The minimum atomic E-state index is -0.340. The van der Waals surface area contributed by atoms with Gasteiger partial charge in [-0.1, -0.05) is 6.92 Å². The number of hydrogen-bond acceptors (Lipinski definition) is 2. The summed E-state index contributed by atoms with van der Waals surface area (Å²) in [6, 6.07) is 4.45. The van der Waals surface area contributed by atoms with Crippen LogP contribution in [0, 0.1) is 17.7 Å². The molecule has 3 nitrogen and oxygen atoms in total. The zero-order valence-electron chi connectivity index (χ0n) is 10.1. The maximum Gasteiger partial charge on any atom is 0.227 e. The number of ether oxygens (including phenoxy) is 1. The fourth-order valence-corrected chi connectivity index (χ4v) is 2.46. The van der Waals surface area contributed by atoms with Crippen molar-refractivity contribution in [3.8, 4) is 0 Å². The zero-order chi connectivity index (χ0) is 13.1. The Labute approximate surface area is 114 Å². The van der Waals surface area contributed by atoms with Gasteiger partial charge in [0, 0.05) is 24.8 Å². The third-order valence-electron chi connectivity index (χ3n) is 3.16. The minimum Gasteiger partial charge on any atom is -0.381 e. The van der Waals surface area contributed by atoms with Gasteiger partial charge < -0.3 is 10.1 Å². The molecule has 1 aliphatic heterocycles. The van der Waals surface area contributed by atoms with E-state index in [0.717, 1.165) is 6.42 Å². The van der Waals surface area contributed by atoms with Gasteiger partial charge in [-0.05, 0) is 46.5 Å². The van der Waals surface area contributed by atoms with Crippen LogP contribution in [-0.4, -0.2) is 19.1 Å². The minimum absolute atomic E-state index is 0.0238. The summed E-state index contributed by atoms with van der Waals surface area (Å²) in [5.41, 5.74) is 0.604. The van der Waals surface area contributed by atoms with Crippen LogP contribution in [-0.2, 0) is 9.53 Å². The molecule has 1 amide bonds. The van der Waals surface area contributed by atoms with Crippen molar-refractivity contribution in [2.75, 3.05) is 18.5 Å². The van der Waals surface area contributed by atoms with Crippen LogP contribution >= 0.6 is 15.9 Å². The second-order valence-electron chi connectivity index (χ2n) is 4.57. The first-order chi connectivity index (χ1) is 8.58. The van der Waals surface area contributed by atoms with Gasteiger partial charge >= 0.3 is 0 Å². The third-order valence-corrected chi connectivity index (χ3v) is 3.77. The molecule has 98 valence electrons. The highest BCUT2D eigenvalue weighted by Gasteiger charge is 2.28. The highest BCUT2D eigenvalue weighted by Crippen LogP contribution is 2.25. The molecule has 0 saturated carbocycles. The molecule has 0 aromatic heterocycles. The molecule has 1 aromatic rings. The van der Waals surface area contributed by atoms with Crippen molar-refractivity contribution < 1.29 is 13.9 Å². The van der Waals surface area contributed by atoms with E-state index >= 15 is 0 Å². The Morgan fingerprint density at radius 2 is 2.33 bits per heavy atom. The Balaban J connectivity index is 2.04. The van der Waals surface area contributed by atoms with Gasteiger partial charge in [0.2, 0.25) is 5.91 Å². The number of hydrogen-bond donors (Lipinski definition) is 1. The first kappa shape index (κ1) is 13.5. The average Bonchev–Trinajstić information content (AvgIpc) is 2.34. The Morgan fingerprint density at radius 1 is 1.56 bits per heavy atom. The summed E-state index contributed by atoms with van der Waals surface area (Å²) in [6.07, 6.45) is 0.732. The molecule has 18 heavy (non-hydrogen) atoms. The summed E-state index contributed by atoms with van der Waals surface area (Å²) in [5.74, 6) is -0.193. The van der Waals surface area contributed by atoms with Gasteiger partial charge in [0.1, 0.15) is 5.82 Å². The van der Waals surface area contributed by atoms with Gasteiger partial charge in [0.25, 0.3) is 0 Å². The molecule has 1 aromatic carbocycles. The quantitative estimate of drug-likeness (QED) is 0.910. The van der Waals surface area contributed by atoms with Crippen LogP contribution in [0.4, 0.5) is 10.1 Å². The molecular formula is C13H15BrFNO2. The first-order valence-electron chi connectivity index (χ1n) is 5.91. The van der Waals surface area contributed by atoms with Gasteiger partial charge in [-0.15, -0.1) is 0 Å². The number of carbonyl (C=O) groups is 1. The summed E-state index contributed by atoms with van der Waals surface area (Å²) in [5, 5.41) is 2.82. The molecule has 0 bridgehead atoms. The van der Waals surface area contributed by atoms with Crippen LogP contribution in [0.25, 0.3) is 0 Å². The monoisotopic (exact) mass is 315 g/mol. The van der Waals surface area contributed by atoms with E-state index in [1.54, 1.807) is 12.1 Å². The molecule has 0 radical (unpaired) electrons. The largest absolute Gasteiger partial charge is 0.381 e. The van der Waals surface area contributed by atoms with Gasteiger partial charge in [-0.3, -0.25) is 4.79 Å². The summed E-state index contributed by atoms with van der Waals surface area (Å²) < 4.78 is 18.7. The van der Waals surface area contributed by atoms with Crippen molar-refractivity contribution >= 4 is 27.5 Å². The number of nitrogens with one attached hydrogen (secondary N) is 1. The second kappa shape index (κ2) is 5.80.